The summed E-state index contributed by atoms with van der Waals surface area (Å²) in [7, 11) is -3.49. The van der Waals surface area contributed by atoms with Crippen LogP contribution in [0.15, 0.2) is 71.6 Å². The Morgan fingerprint density at radius 2 is 1.78 bits per heavy atom. The zero-order valence-corrected chi connectivity index (χ0v) is 19.2. The molecule has 32 heavy (non-hydrogen) atoms. The fourth-order valence-corrected chi connectivity index (χ4v) is 5.35. The number of urea groups is 1. The predicted molar refractivity (Wildman–Crippen MR) is 125 cm³/mol. The molecule has 0 spiro atoms. The Morgan fingerprint density at radius 3 is 2.53 bits per heavy atom. The Hall–Kier alpha value is -2.87. The van der Waals surface area contributed by atoms with Crippen LogP contribution in [0, 0.1) is 0 Å². The van der Waals surface area contributed by atoms with Gasteiger partial charge in [0.15, 0.2) is 9.84 Å². The highest BCUT2D eigenvalue weighted by molar-refractivity contribution is 7.90. The molecule has 166 valence electrons. The minimum atomic E-state index is -3.49. The van der Waals surface area contributed by atoms with Crippen molar-refractivity contribution in [3.05, 3.63) is 94.0 Å². The third kappa shape index (κ3) is 5.30. The second-order valence-corrected chi connectivity index (χ2v) is 10.4. The first-order chi connectivity index (χ1) is 15.3. The lowest BCUT2D eigenvalue weighted by atomic mass is 10.1. The lowest BCUT2D eigenvalue weighted by Gasteiger charge is -2.15. The van der Waals surface area contributed by atoms with Gasteiger partial charge in [-0.25, -0.2) is 13.2 Å². The maximum atomic E-state index is 12.8. The van der Waals surface area contributed by atoms with Crippen molar-refractivity contribution in [3.63, 3.8) is 0 Å². The number of benzene rings is 3. The van der Waals surface area contributed by atoms with E-state index >= 15 is 0 Å². The number of hydrogen-bond acceptors (Lipinski definition) is 3. The van der Waals surface area contributed by atoms with E-state index in [-0.39, 0.29) is 22.7 Å². The number of nitrogens with two attached hydrogens (primary N) is 1. The molecule has 0 aromatic heterocycles. The molecule has 1 heterocycles. The van der Waals surface area contributed by atoms with Crippen molar-refractivity contribution in [1.82, 2.24) is 5.32 Å². The molecule has 1 aliphatic heterocycles. The molecule has 1 atom stereocenters. The van der Waals surface area contributed by atoms with Gasteiger partial charge in [-0.2, -0.15) is 0 Å². The lowest BCUT2D eigenvalue weighted by Crippen LogP contribution is -2.77. The van der Waals surface area contributed by atoms with Gasteiger partial charge >= 0.3 is 6.03 Å². The molecule has 2 amide bonds. The van der Waals surface area contributed by atoms with Gasteiger partial charge in [-0.1, -0.05) is 35.9 Å². The second-order valence-electron chi connectivity index (χ2n) is 7.96. The third-order valence-corrected chi connectivity index (χ3v) is 7.46. The molecule has 4 N–H and O–H groups in total. The summed E-state index contributed by atoms with van der Waals surface area (Å²) in [6, 6.07) is 18.8. The molecule has 0 saturated carbocycles. The molecule has 0 fully saturated rings. The number of anilines is 1. The molecule has 1 aliphatic rings. The van der Waals surface area contributed by atoms with Gasteiger partial charge < -0.3 is 16.0 Å². The van der Waals surface area contributed by atoms with Gasteiger partial charge in [-0.05, 0) is 60.5 Å². The Morgan fingerprint density at radius 1 is 1.03 bits per heavy atom. The summed E-state index contributed by atoms with van der Waals surface area (Å²) in [6.07, 6.45) is 0. The number of fused-ring (bicyclic) bond motifs is 1. The van der Waals surface area contributed by atoms with Gasteiger partial charge in [0.1, 0.15) is 13.1 Å². The highest BCUT2D eigenvalue weighted by Crippen LogP contribution is 2.22. The van der Waals surface area contributed by atoms with Crippen LogP contribution in [0.3, 0.4) is 0 Å². The number of nitrogens with one attached hydrogen (secondary N) is 2. The van der Waals surface area contributed by atoms with Crippen molar-refractivity contribution in [2.45, 2.75) is 36.7 Å². The van der Waals surface area contributed by atoms with Crippen LogP contribution in [0.5, 0.6) is 0 Å². The molecule has 3 aromatic rings. The lowest BCUT2D eigenvalue weighted by molar-refractivity contribution is -0.676. The fourth-order valence-electron chi connectivity index (χ4n) is 3.81. The summed E-state index contributed by atoms with van der Waals surface area (Å²) >= 11 is 6.00. The first-order valence-corrected chi connectivity index (χ1v) is 12.4. The molecule has 6 nitrogen and oxygen atoms in total. The van der Waals surface area contributed by atoms with Crippen LogP contribution in [0.2, 0.25) is 5.02 Å². The van der Waals surface area contributed by atoms with E-state index in [4.69, 9.17) is 11.6 Å². The molecular formula is C24H25ClN3O3S+. The summed E-state index contributed by atoms with van der Waals surface area (Å²) in [6.45, 7) is 3.70. The summed E-state index contributed by atoms with van der Waals surface area (Å²) in [5.74, 6) is -0.0509. The standard InChI is InChI=1S/C24H24ClN3O3S/c1-16(18-3-2-4-21(25)12-18)27-24(29)28-22-7-9-23(10-8-22)32(30,31)15-17-5-6-19-13-26-14-20(19)11-17/h2-12,16,26H,13-15H2,1H3,(H2,27,28,29)/p+1. The van der Waals surface area contributed by atoms with Crippen LogP contribution in [-0.4, -0.2) is 14.4 Å². The van der Waals surface area contributed by atoms with E-state index in [0.29, 0.717) is 10.7 Å². The van der Waals surface area contributed by atoms with E-state index in [9.17, 15) is 13.2 Å². The third-order valence-electron chi connectivity index (χ3n) is 5.52. The van der Waals surface area contributed by atoms with Gasteiger partial charge in [0, 0.05) is 21.8 Å². The van der Waals surface area contributed by atoms with Crippen molar-refractivity contribution in [2.24, 2.45) is 0 Å². The maximum Gasteiger partial charge on any atom is 0.319 e. The summed E-state index contributed by atoms with van der Waals surface area (Å²) in [4.78, 5) is 12.5. The van der Waals surface area contributed by atoms with Crippen LogP contribution < -0.4 is 16.0 Å². The topological polar surface area (TPSA) is 91.9 Å². The predicted octanol–water partition coefficient (Wildman–Crippen LogP) is 3.77. The van der Waals surface area contributed by atoms with Crippen molar-refractivity contribution < 1.29 is 18.5 Å². The first kappa shape index (κ1) is 22.3. The van der Waals surface area contributed by atoms with E-state index in [1.54, 1.807) is 24.3 Å². The molecule has 4 rings (SSSR count). The van der Waals surface area contributed by atoms with Crippen LogP contribution in [0.1, 0.15) is 35.2 Å². The van der Waals surface area contributed by atoms with Gasteiger partial charge in [-0.15, -0.1) is 0 Å². The SMILES string of the molecule is CC(NC(=O)Nc1ccc(S(=O)(=O)Cc2ccc3c(c2)C[NH2+]C3)cc1)c1cccc(Cl)c1. The highest BCUT2D eigenvalue weighted by Gasteiger charge is 2.19. The molecule has 1 unspecified atom stereocenters. The van der Waals surface area contributed by atoms with Gasteiger partial charge in [0.05, 0.1) is 16.7 Å². The minimum absolute atomic E-state index is 0.0509. The van der Waals surface area contributed by atoms with Crippen molar-refractivity contribution in [3.8, 4) is 0 Å². The molecular weight excluding hydrogens is 446 g/mol. The van der Waals surface area contributed by atoms with Crippen LogP contribution >= 0.6 is 11.6 Å². The van der Waals surface area contributed by atoms with Crippen molar-refractivity contribution >= 4 is 33.2 Å². The number of quaternary nitrogens is 1. The zero-order chi connectivity index (χ0) is 22.7. The second kappa shape index (κ2) is 9.32. The number of rotatable bonds is 6. The Labute approximate surface area is 192 Å². The maximum absolute atomic E-state index is 12.8. The van der Waals surface area contributed by atoms with Gasteiger partial charge in [-0.3, -0.25) is 0 Å². The Balaban J connectivity index is 1.38. The number of sulfone groups is 1. The monoisotopic (exact) mass is 470 g/mol. The molecule has 0 aliphatic carbocycles. The summed E-state index contributed by atoms with van der Waals surface area (Å²) in [5, 5.41) is 8.37. The van der Waals surface area contributed by atoms with Crippen LogP contribution in [-0.2, 0) is 28.7 Å². The molecule has 3 aromatic carbocycles. The van der Waals surface area contributed by atoms with Crippen LogP contribution in [0.25, 0.3) is 0 Å². The number of amides is 2. The van der Waals surface area contributed by atoms with E-state index in [1.165, 1.54) is 23.3 Å². The van der Waals surface area contributed by atoms with Gasteiger partial charge in [0.25, 0.3) is 0 Å². The van der Waals surface area contributed by atoms with E-state index in [1.807, 2.05) is 37.3 Å². The number of hydrogen-bond donors (Lipinski definition) is 3. The normalized spacial score (nSPS) is 13.9. The first-order valence-electron chi connectivity index (χ1n) is 10.4. The van der Waals surface area contributed by atoms with E-state index in [2.05, 4.69) is 16.0 Å². The fraction of sp³-hybridized carbons (Fsp3) is 0.208. The zero-order valence-electron chi connectivity index (χ0n) is 17.6. The summed E-state index contributed by atoms with van der Waals surface area (Å²) in [5.41, 5.74) is 4.65. The highest BCUT2D eigenvalue weighted by atomic mass is 35.5. The van der Waals surface area contributed by atoms with Crippen molar-refractivity contribution in [1.29, 1.82) is 0 Å². The smallest absolute Gasteiger partial charge is 0.319 e. The molecule has 0 saturated heterocycles. The quantitative estimate of drug-likeness (QED) is 0.512. The number of carbonyl (C=O) groups is 1. The Bertz CT molecular complexity index is 1240. The average Bonchev–Trinajstić information content (AvgIpc) is 3.21. The van der Waals surface area contributed by atoms with E-state index in [0.717, 1.165) is 24.2 Å². The average molecular weight is 471 g/mol. The minimum Gasteiger partial charge on any atom is -0.339 e. The Kier molecular flexibility index (Phi) is 6.50. The van der Waals surface area contributed by atoms with E-state index < -0.39 is 9.84 Å². The summed E-state index contributed by atoms with van der Waals surface area (Å²) < 4.78 is 25.7. The molecule has 0 bridgehead atoms. The largest absolute Gasteiger partial charge is 0.339 e. The van der Waals surface area contributed by atoms with Crippen LogP contribution in [0.4, 0.5) is 10.5 Å². The number of carbonyl (C=O) groups excluding carboxylic acids is 1. The molecule has 8 heteroatoms. The number of halogens is 1. The van der Waals surface area contributed by atoms with Crippen molar-refractivity contribution in [2.75, 3.05) is 5.32 Å². The van der Waals surface area contributed by atoms with Gasteiger partial charge in [0.2, 0.25) is 0 Å². The molecule has 0 radical (unpaired) electrons.